The average Bonchev–Trinajstić information content (AvgIpc) is 2.31. The molecule has 0 saturated heterocycles. The van der Waals surface area contributed by atoms with Crippen LogP contribution in [0.1, 0.15) is 12.6 Å². The van der Waals surface area contributed by atoms with Crippen LogP contribution in [0, 0.1) is 0 Å². The highest BCUT2D eigenvalue weighted by molar-refractivity contribution is 6.46. The van der Waals surface area contributed by atoms with Gasteiger partial charge in [-0.25, -0.2) is 0 Å². The monoisotopic (exact) mass is 254 g/mol. The molecule has 1 aromatic heterocycles. The van der Waals surface area contributed by atoms with E-state index >= 15 is 0 Å². The minimum Gasteiger partial charge on any atom is -0.461 e. The predicted molar refractivity (Wildman–Crippen MR) is 63.3 cm³/mol. The minimum atomic E-state index is -1.55. The lowest BCUT2D eigenvalue weighted by Crippen LogP contribution is -2.37. The minimum absolute atomic E-state index is 0.160. The van der Waals surface area contributed by atoms with Gasteiger partial charge in [0.1, 0.15) is 5.73 Å². The molecule has 0 aromatic carbocycles. The molecule has 0 saturated carbocycles. The van der Waals surface area contributed by atoms with Gasteiger partial charge in [0.25, 0.3) is 0 Å². The molecular formula is C11H16NO4Si. The quantitative estimate of drug-likeness (QED) is 0.557. The molecule has 0 aliphatic carbocycles. The summed E-state index contributed by atoms with van der Waals surface area (Å²) in [6, 6.07) is 5.41. The third-order valence-electron chi connectivity index (χ3n) is 2.09. The summed E-state index contributed by atoms with van der Waals surface area (Å²) in [4.78, 5) is 15.7. The molecule has 1 unspecified atom stereocenters. The Balaban J connectivity index is 2.44. The number of carbonyl (C=O) groups excluding carboxylic acids is 1. The van der Waals surface area contributed by atoms with Crippen LogP contribution in [0.2, 0.25) is 0 Å². The fourth-order valence-corrected chi connectivity index (χ4v) is 2.41. The summed E-state index contributed by atoms with van der Waals surface area (Å²) >= 11 is 0. The van der Waals surface area contributed by atoms with Crippen molar-refractivity contribution in [3.8, 4) is 0 Å². The largest absolute Gasteiger partial charge is 0.461 e. The van der Waals surface area contributed by atoms with Gasteiger partial charge in [-0.15, -0.1) is 0 Å². The van der Waals surface area contributed by atoms with Gasteiger partial charge < -0.3 is 13.6 Å². The van der Waals surface area contributed by atoms with Gasteiger partial charge in [0.15, 0.2) is 0 Å². The summed E-state index contributed by atoms with van der Waals surface area (Å²) in [5.41, 5.74) is 0.333. The average molecular weight is 254 g/mol. The molecule has 0 N–H and O–H groups in total. The van der Waals surface area contributed by atoms with Crippen molar-refractivity contribution in [2.75, 3.05) is 14.2 Å². The smallest absolute Gasteiger partial charge is 0.429 e. The van der Waals surface area contributed by atoms with Gasteiger partial charge in [0, 0.05) is 20.4 Å². The van der Waals surface area contributed by atoms with Crippen molar-refractivity contribution in [1.82, 2.24) is 4.98 Å². The Labute approximate surface area is 103 Å². The van der Waals surface area contributed by atoms with Crippen LogP contribution < -0.4 is 0 Å². The van der Waals surface area contributed by atoms with Crippen molar-refractivity contribution in [3.63, 3.8) is 0 Å². The molecule has 0 aliphatic heterocycles. The van der Waals surface area contributed by atoms with Crippen molar-refractivity contribution in [1.29, 1.82) is 0 Å². The summed E-state index contributed by atoms with van der Waals surface area (Å²) in [6.45, 7) is 1.76. The van der Waals surface area contributed by atoms with Crippen LogP contribution in [0.25, 0.3) is 0 Å². The fourth-order valence-electron chi connectivity index (χ4n) is 1.35. The van der Waals surface area contributed by atoms with Crippen LogP contribution in [0.5, 0.6) is 0 Å². The zero-order valence-electron chi connectivity index (χ0n) is 10.2. The van der Waals surface area contributed by atoms with Gasteiger partial charge in [-0.2, -0.15) is 0 Å². The highest BCUT2D eigenvalue weighted by atomic mass is 28.3. The van der Waals surface area contributed by atoms with E-state index in [1.54, 1.807) is 39.5 Å². The van der Waals surface area contributed by atoms with E-state index in [0.29, 0.717) is 5.69 Å². The number of pyridine rings is 1. The third-order valence-corrected chi connectivity index (χ3v) is 3.68. The molecule has 0 fully saturated rings. The van der Waals surface area contributed by atoms with Crippen LogP contribution >= 0.6 is 0 Å². The molecule has 1 radical (unpaired) electrons. The molecule has 1 heterocycles. The Morgan fingerprint density at radius 1 is 1.41 bits per heavy atom. The van der Waals surface area contributed by atoms with Crippen molar-refractivity contribution >= 4 is 15.3 Å². The predicted octanol–water partition coefficient (Wildman–Crippen LogP) is 0.876. The lowest BCUT2D eigenvalue weighted by atomic mass is 10.3. The van der Waals surface area contributed by atoms with E-state index in [0.717, 1.165) is 0 Å². The van der Waals surface area contributed by atoms with Gasteiger partial charge >= 0.3 is 15.3 Å². The molecule has 93 valence electrons. The maximum Gasteiger partial charge on any atom is 0.429 e. The molecule has 0 amide bonds. The Hall–Kier alpha value is -1.24. The zero-order valence-corrected chi connectivity index (χ0v) is 11.2. The van der Waals surface area contributed by atoms with Crippen molar-refractivity contribution in [3.05, 3.63) is 30.1 Å². The molecular weight excluding hydrogens is 238 g/mol. The summed E-state index contributed by atoms with van der Waals surface area (Å²) in [6.07, 6.45) is 1.80. The van der Waals surface area contributed by atoms with Crippen molar-refractivity contribution < 1.29 is 18.4 Å². The lowest BCUT2D eigenvalue weighted by molar-refractivity contribution is -0.145. The van der Waals surface area contributed by atoms with E-state index in [-0.39, 0.29) is 18.1 Å². The second kappa shape index (κ2) is 7.15. The molecule has 6 heteroatoms. The van der Waals surface area contributed by atoms with E-state index in [4.69, 9.17) is 13.6 Å². The second-order valence-electron chi connectivity index (χ2n) is 3.36. The highest BCUT2D eigenvalue weighted by Crippen LogP contribution is 2.03. The lowest BCUT2D eigenvalue weighted by Gasteiger charge is -2.17. The summed E-state index contributed by atoms with van der Waals surface area (Å²) in [7, 11) is 1.53. The molecule has 1 aromatic rings. The normalized spacial score (nSPS) is 12.5. The maximum atomic E-state index is 11.6. The van der Waals surface area contributed by atoms with E-state index in [1.165, 1.54) is 0 Å². The van der Waals surface area contributed by atoms with Crippen LogP contribution in [-0.4, -0.2) is 40.2 Å². The number of ether oxygens (including phenoxy) is 1. The summed E-state index contributed by atoms with van der Waals surface area (Å²) < 4.78 is 15.4. The SMILES string of the molecule is CO[Si](OC)C(C)OC(=O)Cc1ccccn1. The highest BCUT2D eigenvalue weighted by Gasteiger charge is 2.25. The number of carbonyl (C=O) groups is 1. The van der Waals surface area contributed by atoms with Gasteiger partial charge in [-0.3, -0.25) is 9.78 Å². The number of esters is 1. The first-order chi connectivity index (χ1) is 8.17. The fraction of sp³-hybridized carbons (Fsp3) is 0.455. The van der Waals surface area contributed by atoms with Crippen LogP contribution in [-0.2, 0) is 24.8 Å². The van der Waals surface area contributed by atoms with Crippen molar-refractivity contribution in [2.45, 2.75) is 19.1 Å². The number of hydrogen-bond acceptors (Lipinski definition) is 5. The van der Waals surface area contributed by atoms with E-state index in [1.807, 2.05) is 6.07 Å². The summed E-state index contributed by atoms with van der Waals surface area (Å²) in [5.74, 6) is -0.326. The van der Waals surface area contributed by atoms with Gasteiger partial charge in [0.05, 0.1) is 12.1 Å². The Kier molecular flexibility index (Phi) is 5.82. The standard InChI is InChI=1S/C11H16NO4Si/c1-9(17(14-2)15-3)16-11(13)8-10-6-4-5-7-12-10/h4-7,9H,8H2,1-3H3. The number of rotatable bonds is 6. The summed E-state index contributed by atoms with van der Waals surface area (Å²) in [5, 5.41) is 0. The Morgan fingerprint density at radius 2 is 2.12 bits per heavy atom. The molecule has 0 spiro atoms. The first-order valence-electron chi connectivity index (χ1n) is 5.21. The molecule has 17 heavy (non-hydrogen) atoms. The Bertz CT molecular complexity index is 343. The third kappa shape index (κ3) is 4.64. The van der Waals surface area contributed by atoms with E-state index in [9.17, 15) is 4.79 Å². The number of nitrogens with zero attached hydrogens (tertiary/aromatic N) is 1. The van der Waals surface area contributed by atoms with E-state index < -0.39 is 9.28 Å². The van der Waals surface area contributed by atoms with Gasteiger partial charge in [0.2, 0.25) is 0 Å². The molecule has 1 rings (SSSR count). The van der Waals surface area contributed by atoms with Crippen LogP contribution in [0.4, 0.5) is 0 Å². The Morgan fingerprint density at radius 3 is 2.65 bits per heavy atom. The molecule has 5 nitrogen and oxygen atoms in total. The topological polar surface area (TPSA) is 57.7 Å². The second-order valence-corrected chi connectivity index (χ2v) is 5.62. The molecule has 0 bridgehead atoms. The van der Waals surface area contributed by atoms with Gasteiger partial charge in [-0.05, 0) is 19.1 Å². The first kappa shape index (κ1) is 13.8. The molecule has 1 atom stereocenters. The first-order valence-corrected chi connectivity index (χ1v) is 6.61. The maximum absolute atomic E-state index is 11.6. The number of aromatic nitrogens is 1. The zero-order chi connectivity index (χ0) is 12.7. The van der Waals surface area contributed by atoms with Crippen LogP contribution in [0.3, 0.4) is 0 Å². The van der Waals surface area contributed by atoms with E-state index in [2.05, 4.69) is 4.98 Å². The van der Waals surface area contributed by atoms with Crippen LogP contribution in [0.15, 0.2) is 24.4 Å². The number of hydrogen-bond donors (Lipinski definition) is 0. The molecule has 0 aliphatic rings. The van der Waals surface area contributed by atoms with Crippen molar-refractivity contribution in [2.24, 2.45) is 0 Å². The van der Waals surface area contributed by atoms with Gasteiger partial charge in [-0.1, -0.05) is 6.07 Å².